The summed E-state index contributed by atoms with van der Waals surface area (Å²) in [6.07, 6.45) is -0.0979. The van der Waals surface area contributed by atoms with E-state index in [0.29, 0.717) is 4.88 Å². The summed E-state index contributed by atoms with van der Waals surface area (Å²) in [5, 5.41) is 4.05. The van der Waals surface area contributed by atoms with Gasteiger partial charge < -0.3 is 14.6 Å². The maximum atomic E-state index is 12.7. The second-order valence-corrected chi connectivity index (χ2v) is 8.35. The number of hydrogen-bond acceptors (Lipinski definition) is 4. The summed E-state index contributed by atoms with van der Waals surface area (Å²) >= 11 is 1.01. The highest BCUT2D eigenvalue weighted by Gasteiger charge is 2.45. The van der Waals surface area contributed by atoms with Crippen molar-refractivity contribution in [2.45, 2.75) is 31.5 Å². The van der Waals surface area contributed by atoms with Gasteiger partial charge in [0.2, 0.25) is 5.91 Å². The van der Waals surface area contributed by atoms with Crippen molar-refractivity contribution in [1.82, 2.24) is 14.9 Å². The van der Waals surface area contributed by atoms with Gasteiger partial charge in [0.15, 0.2) is 6.61 Å². The van der Waals surface area contributed by atoms with E-state index in [2.05, 4.69) is 37.9 Å². The average molecular weight is 423 g/mol. The number of benzene rings is 1. The summed E-state index contributed by atoms with van der Waals surface area (Å²) in [6.45, 7) is 0.406. The van der Waals surface area contributed by atoms with Gasteiger partial charge in [-0.2, -0.15) is 13.2 Å². The Bertz CT molecular complexity index is 1040. The third-order valence-electron chi connectivity index (χ3n) is 5.10. The maximum absolute atomic E-state index is 12.7. The van der Waals surface area contributed by atoms with Crippen LogP contribution in [0.1, 0.15) is 35.7 Å². The van der Waals surface area contributed by atoms with Crippen LogP contribution in [0.5, 0.6) is 5.19 Å². The molecule has 0 spiro atoms. The summed E-state index contributed by atoms with van der Waals surface area (Å²) in [6, 6.07) is 7.76. The molecule has 4 rings (SSSR count). The molecule has 2 aromatic heterocycles. The van der Waals surface area contributed by atoms with Crippen molar-refractivity contribution >= 4 is 28.1 Å². The largest absolute Gasteiger partial charge is 0.460 e. The predicted octanol–water partition coefficient (Wildman–Crippen LogP) is 4.56. The zero-order valence-corrected chi connectivity index (χ0v) is 16.7. The Hall–Kier alpha value is -2.55. The van der Waals surface area contributed by atoms with Gasteiger partial charge in [-0.1, -0.05) is 29.5 Å². The minimum atomic E-state index is -4.41. The Morgan fingerprint density at radius 2 is 2.17 bits per heavy atom. The van der Waals surface area contributed by atoms with Gasteiger partial charge in [-0.3, -0.25) is 4.79 Å². The molecule has 1 fully saturated rings. The number of alkyl halides is 3. The molecule has 1 aliphatic carbocycles. The van der Waals surface area contributed by atoms with Crippen LogP contribution in [0.3, 0.4) is 0 Å². The molecule has 2 heterocycles. The number of hydrogen-bond donors (Lipinski definition) is 1. The number of ether oxygens (including phenoxy) is 1. The molecule has 0 radical (unpaired) electrons. The maximum Gasteiger partial charge on any atom is 0.422 e. The van der Waals surface area contributed by atoms with Crippen molar-refractivity contribution in [2.75, 3.05) is 6.61 Å². The molecular formula is C20H20F3N3O2S. The summed E-state index contributed by atoms with van der Waals surface area (Å²) in [5.41, 5.74) is 2.31. The number of nitrogens with one attached hydrogen (secondary N) is 1. The number of nitrogens with zero attached hydrogens (tertiary/aromatic N) is 2. The fraction of sp³-hybridized carbons (Fsp3) is 0.400. The number of halogens is 3. The Labute approximate surface area is 169 Å². The van der Waals surface area contributed by atoms with Crippen molar-refractivity contribution < 1.29 is 22.7 Å². The van der Waals surface area contributed by atoms with Crippen LogP contribution in [-0.2, 0) is 11.8 Å². The number of para-hydroxylation sites is 1. The van der Waals surface area contributed by atoms with Crippen LogP contribution in [0.25, 0.3) is 10.9 Å². The molecule has 9 heteroatoms. The molecular weight excluding hydrogens is 403 g/mol. The lowest BCUT2D eigenvalue weighted by Crippen LogP contribution is -2.27. The van der Waals surface area contributed by atoms with Crippen molar-refractivity contribution in [3.8, 4) is 5.19 Å². The molecule has 154 valence electrons. The van der Waals surface area contributed by atoms with Gasteiger partial charge in [0.1, 0.15) is 0 Å². The van der Waals surface area contributed by atoms with Crippen LogP contribution >= 0.6 is 11.3 Å². The van der Waals surface area contributed by atoms with Crippen LogP contribution in [0.15, 0.2) is 36.7 Å². The number of carbonyl (C=O) groups excluding carboxylic acids is 1. The Morgan fingerprint density at radius 3 is 2.93 bits per heavy atom. The van der Waals surface area contributed by atoms with Crippen molar-refractivity contribution in [3.05, 3.63) is 47.1 Å². The third-order valence-corrected chi connectivity index (χ3v) is 6.19. The van der Waals surface area contributed by atoms with Gasteiger partial charge >= 0.3 is 6.18 Å². The van der Waals surface area contributed by atoms with E-state index >= 15 is 0 Å². The highest BCUT2D eigenvalue weighted by atomic mass is 32.1. The molecule has 0 unspecified atom stereocenters. The van der Waals surface area contributed by atoms with E-state index in [1.807, 2.05) is 19.2 Å². The first-order valence-electron chi connectivity index (χ1n) is 9.22. The Balaban J connectivity index is 1.37. The molecule has 29 heavy (non-hydrogen) atoms. The average Bonchev–Trinajstić information content (AvgIpc) is 3.19. The molecule has 0 aliphatic heterocycles. The summed E-state index contributed by atoms with van der Waals surface area (Å²) < 4.78 is 43.5. The minimum Gasteiger partial charge on any atom is -0.460 e. The zero-order valence-electron chi connectivity index (χ0n) is 15.9. The van der Waals surface area contributed by atoms with Crippen molar-refractivity contribution in [3.63, 3.8) is 0 Å². The summed E-state index contributed by atoms with van der Waals surface area (Å²) in [4.78, 5) is 17.2. The fourth-order valence-electron chi connectivity index (χ4n) is 3.57. The van der Waals surface area contributed by atoms with E-state index in [0.717, 1.165) is 28.7 Å². The first-order valence-corrected chi connectivity index (χ1v) is 10.0. The third kappa shape index (κ3) is 4.24. The molecule has 1 amide bonds. The molecule has 0 bridgehead atoms. The Morgan fingerprint density at radius 1 is 1.41 bits per heavy atom. The monoisotopic (exact) mass is 423 g/mol. The number of aromatic nitrogens is 2. The van der Waals surface area contributed by atoms with E-state index in [4.69, 9.17) is 0 Å². The van der Waals surface area contributed by atoms with Crippen molar-refractivity contribution in [1.29, 1.82) is 0 Å². The fourth-order valence-corrected chi connectivity index (χ4v) is 4.33. The molecule has 1 aromatic carbocycles. The van der Waals surface area contributed by atoms with E-state index < -0.39 is 12.8 Å². The van der Waals surface area contributed by atoms with Crippen LogP contribution < -0.4 is 10.1 Å². The Kier molecular flexibility index (Phi) is 5.02. The number of amides is 1. The minimum absolute atomic E-state index is 0.0541. The van der Waals surface area contributed by atoms with Crippen LogP contribution in [0, 0.1) is 5.92 Å². The molecule has 1 aliphatic rings. The first-order chi connectivity index (χ1) is 13.7. The van der Waals surface area contributed by atoms with Gasteiger partial charge in [-0.15, -0.1) is 0 Å². The molecule has 5 nitrogen and oxygen atoms in total. The van der Waals surface area contributed by atoms with Crippen LogP contribution in [0.2, 0.25) is 0 Å². The van der Waals surface area contributed by atoms with Crippen LogP contribution in [0.4, 0.5) is 13.2 Å². The molecule has 3 aromatic rings. The highest BCUT2D eigenvalue weighted by molar-refractivity contribution is 7.13. The number of thiazole rings is 1. The lowest BCUT2D eigenvalue weighted by atomic mass is 10.1. The zero-order chi connectivity index (χ0) is 20.8. The standard InChI is InChI=1S/C20H20F3N3O2S/c1-11(17-8-24-19(29-17)28-10-20(21,22)23)25-18(27)14-7-13(14)15-9-26(2)16-6-4-3-5-12(15)16/h3-6,8-9,11,13-14H,7,10H2,1-2H3,(H,25,27)/t11-,13-,14-/m1/s1. The van der Waals surface area contributed by atoms with Gasteiger partial charge in [-0.05, 0) is 30.9 Å². The normalized spacial score (nSPS) is 19.9. The van der Waals surface area contributed by atoms with Gasteiger partial charge in [0.25, 0.3) is 5.19 Å². The second kappa shape index (κ2) is 7.37. The van der Waals surface area contributed by atoms with Crippen LogP contribution in [-0.4, -0.2) is 28.2 Å². The second-order valence-electron chi connectivity index (χ2n) is 7.32. The predicted molar refractivity (Wildman–Crippen MR) is 104 cm³/mol. The smallest absolute Gasteiger partial charge is 0.422 e. The van der Waals surface area contributed by atoms with E-state index in [1.54, 1.807) is 6.92 Å². The number of rotatable bonds is 6. The summed E-state index contributed by atoms with van der Waals surface area (Å²) in [5.74, 6) is 0.0270. The lowest BCUT2D eigenvalue weighted by molar-refractivity contribution is -0.153. The van der Waals surface area contributed by atoms with Gasteiger partial charge in [-0.25, -0.2) is 4.98 Å². The molecule has 1 saturated carbocycles. The van der Waals surface area contributed by atoms with E-state index in [-0.39, 0.29) is 29.0 Å². The van der Waals surface area contributed by atoms with Crippen molar-refractivity contribution in [2.24, 2.45) is 13.0 Å². The van der Waals surface area contributed by atoms with Gasteiger partial charge in [0, 0.05) is 36.3 Å². The topological polar surface area (TPSA) is 56.2 Å². The molecule has 3 atom stereocenters. The summed E-state index contributed by atoms with van der Waals surface area (Å²) in [7, 11) is 1.99. The lowest BCUT2D eigenvalue weighted by Gasteiger charge is -2.11. The van der Waals surface area contributed by atoms with Gasteiger partial charge in [0.05, 0.1) is 10.9 Å². The molecule has 1 N–H and O–H groups in total. The van der Waals surface area contributed by atoms with E-state index in [9.17, 15) is 18.0 Å². The highest BCUT2D eigenvalue weighted by Crippen LogP contribution is 2.50. The SMILES string of the molecule is C[C@@H](NC(=O)[C@@H]1C[C@H]1c1cn(C)c2ccccc12)c1cnc(OCC(F)(F)F)s1. The van der Waals surface area contributed by atoms with E-state index in [1.165, 1.54) is 11.8 Å². The quantitative estimate of drug-likeness (QED) is 0.633. The number of fused-ring (bicyclic) bond motifs is 1. The number of carbonyl (C=O) groups is 1. The number of aryl methyl sites for hydroxylation is 1. The molecule has 0 saturated heterocycles. The first kappa shape index (κ1) is 19.8.